The average Bonchev–Trinajstić information content (AvgIpc) is 3.51. The van der Waals surface area contributed by atoms with E-state index in [9.17, 15) is 0 Å². The molecule has 0 aliphatic heterocycles. The molecule has 0 saturated carbocycles. The summed E-state index contributed by atoms with van der Waals surface area (Å²) in [6, 6.07) is 21.6. The SMILES string of the molecule is COc1cccc(-c2noc(CSc3nnc(-c4cccnc4)n3Cc3ccccc3)n2)c1. The standard InChI is InChI=1S/C24H20N6O2S/c1-31-20-11-5-9-18(13-20)22-26-21(32-29-22)16-33-24-28-27-23(19-10-6-12-25-14-19)30(24)15-17-7-3-2-4-8-17/h2-14H,15-16H2,1H3. The highest BCUT2D eigenvalue weighted by atomic mass is 32.2. The highest BCUT2D eigenvalue weighted by molar-refractivity contribution is 7.98. The second-order valence-electron chi connectivity index (χ2n) is 7.15. The van der Waals surface area contributed by atoms with E-state index in [4.69, 9.17) is 9.26 Å². The van der Waals surface area contributed by atoms with E-state index in [0.29, 0.717) is 24.0 Å². The van der Waals surface area contributed by atoms with Crippen molar-refractivity contribution >= 4 is 11.8 Å². The molecule has 0 saturated heterocycles. The summed E-state index contributed by atoms with van der Waals surface area (Å²) in [5.74, 6) is 3.00. The molecule has 0 fully saturated rings. The Balaban J connectivity index is 1.38. The number of methoxy groups -OCH3 is 1. The van der Waals surface area contributed by atoms with Gasteiger partial charge in [0.05, 0.1) is 19.4 Å². The first-order valence-electron chi connectivity index (χ1n) is 10.3. The molecule has 9 heteroatoms. The van der Waals surface area contributed by atoms with Gasteiger partial charge in [-0.1, -0.05) is 59.4 Å². The third-order valence-electron chi connectivity index (χ3n) is 4.94. The predicted molar refractivity (Wildman–Crippen MR) is 125 cm³/mol. The Bertz CT molecular complexity index is 1340. The van der Waals surface area contributed by atoms with E-state index < -0.39 is 0 Å². The molecule has 0 atom stereocenters. The Hall–Kier alpha value is -3.98. The fraction of sp³-hybridized carbons (Fsp3) is 0.125. The van der Waals surface area contributed by atoms with E-state index >= 15 is 0 Å². The van der Waals surface area contributed by atoms with E-state index in [1.165, 1.54) is 11.8 Å². The lowest BCUT2D eigenvalue weighted by Crippen LogP contribution is -2.04. The molecule has 0 aliphatic carbocycles. The summed E-state index contributed by atoms with van der Waals surface area (Å²) in [4.78, 5) is 8.75. The van der Waals surface area contributed by atoms with Crippen molar-refractivity contribution in [3.8, 4) is 28.5 Å². The van der Waals surface area contributed by atoms with Crippen molar-refractivity contribution in [2.75, 3.05) is 7.11 Å². The largest absolute Gasteiger partial charge is 0.497 e. The fourth-order valence-electron chi connectivity index (χ4n) is 3.33. The van der Waals surface area contributed by atoms with Crippen molar-refractivity contribution in [2.45, 2.75) is 17.5 Å². The van der Waals surface area contributed by atoms with Gasteiger partial charge >= 0.3 is 0 Å². The van der Waals surface area contributed by atoms with Crippen LogP contribution in [0.1, 0.15) is 11.5 Å². The zero-order chi connectivity index (χ0) is 22.5. The van der Waals surface area contributed by atoms with E-state index in [0.717, 1.165) is 33.4 Å². The van der Waals surface area contributed by atoms with Crippen LogP contribution in [0.15, 0.2) is 88.8 Å². The van der Waals surface area contributed by atoms with Crippen molar-refractivity contribution in [3.63, 3.8) is 0 Å². The molecule has 33 heavy (non-hydrogen) atoms. The van der Waals surface area contributed by atoms with E-state index in [1.54, 1.807) is 19.5 Å². The van der Waals surface area contributed by atoms with Crippen LogP contribution < -0.4 is 4.74 Å². The van der Waals surface area contributed by atoms with Gasteiger partial charge < -0.3 is 9.26 Å². The van der Waals surface area contributed by atoms with Crippen LogP contribution >= 0.6 is 11.8 Å². The van der Waals surface area contributed by atoms with Crippen molar-refractivity contribution in [2.24, 2.45) is 0 Å². The normalized spacial score (nSPS) is 10.9. The summed E-state index contributed by atoms with van der Waals surface area (Å²) in [5.41, 5.74) is 2.90. The van der Waals surface area contributed by atoms with Crippen LogP contribution in [0, 0.1) is 0 Å². The Morgan fingerprint density at radius 2 is 1.85 bits per heavy atom. The van der Waals surface area contributed by atoms with Gasteiger partial charge in [0.15, 0.2) is 11.0 Å². The van der Waals surface area contributed by atoms with Gasteiger partial charge in [-0.15, -0.1) is 10.2 Å². The first-order valence-corrected chi connectivity index (χ1v) is 11.3. The number of thioether (sulfide) groups is 1. The molecule has 0 bridgehead atoms. The molecule has 0 spiro atoms. The molecule has 5 rings (SSSR count). The van der Waals surface area contributed by atoms with Crippen LogP contribution in [-0.4, -0.2) is 37.0 Å². The fourth-order valence-corrected chi connectivity index (χ4v) is 4.11. The van der Waals surface area contributed by atoms with Gasteiger partial charge in [-0.3, -0.25) is 9.55 Å². The topological polar surface area (TPSA) is 91.8 Å². The van der Waals surface area contributed by atoms with Crippen LogP contribution in [0.2, 0.25) is 0 Å². The first kappa shape index (κ1) is 20.9. The molecular weight excluding hydrogens is 436 g/mol. The van der Waals surface area contributed by atoms with Crippen LogP contribution in [0.25, 0.3) is 22.8 Å². The van der Waals surface area contributed by atoms with Gasteiger partial charge in [0.25, 0.3) is 0 Å². The minimum atomic E-state index is 0.469. The molecule has 0 aliphatic rings. The molecule has 5 aromatic rings. The molecule has 0 amide bonds. The molecule has 0 unspecified atom stereocenters. The van der Waals surface area contributed by atoms with Crippen LogP contribution in [0.3, 0.4) is 0 Å². The summed E-state index contributed by atoms with van der Waals surface area (Å²) in [6.45, 7) is 0.638. The molecule has 8 nitrogen and oxygen atoms in total. The predicted octanol–water partition coefficient (Wildman–Crippen LogP) is 4.74. The van der Waals surface area contributed by atoms with Gasteiger partial charge in [0.2, 0.25) is 11.7 Å². The second-order valence-corrected chi connectivity index (χ2v) is 8.09. The van der Waals surface area contributed by atoms with Gasteiger partial charge in [-0.05, 0) is 29.8 Å². The quantitative estimate of drug-likeness (QED) is 0.309. The number of hydrogen-bond acceptors (Lipinski definition) is 8. The lowest BCUT2D eigenvalue weighted by atomic mass is 10.2. The maximum Gasteiger partial charge on any atom is 0.237 e. The van der Waals surface area contributed by atoms with Crippen molar-refractivity contribution in [3.05, 3.63) is 90.6 Å². The third-order valence-corrected chi connectivity index (χ3v) is 5.89. The van der Waals surface area contributed by atoms with Crippen molar-refractivity contribution < 1.29 is 9.26 Å². The lowest BCUT2D eigenvalue weighted by Gasteiger charge is -2.10. The zero-order valence-electron chi connectivity index (χ0n) is 17.8. The summed E-state index contributed by atoms with van der Waals surface area (Å²) in [7, 11) is 1.63. The van der Waals surface area contributed by atoms with Crippen LogP contribution in [0.4, 0.5) is 0 Å². The van der Waals surface area contributed by atoms with Crippen LogP contribution in [0.5, 0.6) is 5.75 Å². The Morgan fingerprint density at radius 3 is 2.67 bits per heavy atom. The van der Waals surface area contributed by atoms with E-state index in [2.05, 4.69) is 42.0 Å². The minimum Gasteiger partial charge on any atom is -0.497 e. The number of aromatic nitrogens is 6. The number of ether oxygens (including phenoxy) is 1. The Morgan fingerprint density at radius 1 is 0.970 bits per heavy atom. The number of pyridine rings is 1. The summed E-state index contributed by atoms with van der Waals surface area (Å²) in [6.07, 6.45) is 3.53. The summed E-state index contributed by atoms with van der Waals surface area (Å²) in [5, 5.41) is 13.7. The third kappa shape index (κ3) is 4.78. The van der Waals surface area contributed by atoms with Crippen LogP contribution in [-0.2, 0) is 12.3 Å². The molecule has 3 aromatic heterocycles. The van der Waals surface area contributed by atoms with Gasteiger partial charge in [-0.2, -0.15) is 4.98 Å². The summed E-state index contributed by atoms with van der Waals surface area (Å²) < 4.78 is 12.8. The zero-order valence-corrected chi connectivity index (χ0v) is 18.6. The second kappa shape index (κ2) is 9.66. The van der Waals surface area contributed by atoms with E-state index in [1.807, 2.05) is 54.6 Å². The Labute approximate surface area is 194 Å². The molecule has 0 radical (unpaired) electrons. The molecule has 3 heterocycles. The van der Waals surface area contributed by atoms with Gasteiger partial charge in [0, 0.05) is 23.5 Å². The molecule has 164 valence electrons. The van der Waals surface area contributed by atoms with Gasteiger partial charge in [-0.25, -0.2) is 0 Å². The first-order chi connectivity index (χ1) is 16.3. The number of hydrogen-bond donors (Lipinski definition) is 0. The van der Waals surface area contributed by atoms with Gasteiger partial charge in [0.1, 0.15) is 5.75 Å². The molecule has 2 aromatic carbocycles. The van der Waals surface area contributed by atoms with Crippen molar-refractivity contribution in [1.82, 2.24) is 29.9 Å². The van der Waals surface area contributed by atoms with Crippen molar-refractivity contribution in [1.29, 1.82) is 0 Å². The number of rotatable bonds is 8. The smallest absolute Gasteiger partial charge is 0.237 e. The monoisotopic (exact) mass is 456 g/mol. The Kier molecular flexibility index (Phi) is 6.12. The summed E-state index contributed by atoms with van der Waals surface area (Å²) >= 11 is 1.50. The molecular formula is C24H20N6O2S. The highest BCUT2D eigenvalue weighted by Gasteiger charge is 2.17. The van der Waals surface area contributed by atoms with E-state index in [-0.39, 0.29) is 0 Å². The highest BCUT2D eigenvalue weighted by Crippen LogP contribution is 2.28. The average molecular weight is 457 g/mol. The number of nitrogens with zero attached hydrogens (tertiary/aromatic N) is 6. The minimum absolute atomic E-state index is 0.469. The maximum atomic E-state index is 5.47. The lowest BCUT2D eigenvalue weighted by molar-refractivity contribution is 0.391. The number of benzene rings is 2. The molecule has 0 N–H and O–H groups in total. The maximum absolute atomic E-state index is 5.47.